The molecule has 0 aromatic heterocycles. The van der Waals surface area contributed by atoms with E-state index in [4.69, 9.17) is 4.99 Å². The molecule has 0 spiro atoms. The van der Waals surface area contributed by atoms with E-state index in [0.29, 0.717) is 12.5 Å². The summed E-state index contributed by atoms with van der Waals surface area (Å²) in [5.74, 6) is 2.97. The summed E-state index contributed by atoms with van der Waals surface area (Å²) in [4.78, 5) is 16.4. The van der Waals surface area contributed by atoms with Gasteiger partial charge in [0.15, 0.2) is 5.17 Å². The van der Waals surface area contributed by atoms with Crippen molar-refractivity contribution in [3.05, 3.63) is 0 Å². The molecular formula is C13H20N2OS. The monoisotopic (exact) mass is 252 g/mol. The first-order valence-electron chi connectivity index (χ1n) is 6.82. The van der Waals surface area contributed by atoms with Crippen LogP contribution in [0.4, 0.5) is 0 Å². The minimum absolute atomic E-state index is 0.152. The molecule has 0 aromatic carbocycles. The van der Waals surface area contributed by atoms with Gasteiger partial charge in [0.25, 0.3) is 0 Å². The second-order valence-electron chi connectivity index (χ2n) is 5.53. The highest BCUT2D eigenvalue weighted by atomic mass is 32.2. The lowest BCUT2D eigenvalue weighted by atomic mass is 9.96. The Balaban J connectivity index is 1.66. The predicted octanol–water partition coefficient (Wildman–Crippen LogP) is 2.56. The average Bonchev–Trinajstić information content (AvgIpc) is 2.87. The summed E-state index contributed by atoms with van der Waals surface area (Å²) in [5.41, 5.74) is 0. The Morgan fingerprint density at radius 3 is 2.94 bits per heavy atom. The molecule has 1 amide bonds. The topological polar surface area (TPSA) is 41.5 Å². The maximum absolute atomic E-state index is 11.6. The number of hydrogen-bond donors (Lipinski definition) is 1. The number of carbonyl (C=O) groups excluding carboxylic acids is 1. The third-order valence-corrected chi connectivity index (χ3v) is 5.24. The number of hydrogen-bond acceptors (Lipinski definition) is 3. The van der Waals surface area contributed by atoms with Crippen molar-refractivity contribution in [2.45, 2.75) is 51.0 Å². The third-order valence-electron chi connectivity index (χ3n) is 4.27. The number of fused-ring (bicyclic) bond motifs is 2. The van der Waals surface area contributed by atoms with Crippen LogP contribution >= 0.6 is 11.8 Å². The molecule has 17 heavy (non-hydrogen) atoms. The maximum atomic E-state index is 11.6. The fourth-order valence-electron chi connectivity index (χ4n) is 3.36. The molecule has 3 atom stereocenters. The van der Waals surface area contributed by atoms with Gasteiger partial charge in [0, 0.05) is 12.2 Å². The molecule has 0 radical (unpaired) electrons. The van der Waals surface area contributed by atoms with Gasteiger partial charge in [-0.2, -0.15) is 0 Å². The number of aliphatic imine (C=N–C) groups is 1. The molecule has 3 fully saturated rings. The lowest BCUT2D eigenvalue weighted by Crippen LogP contribution is -2.31. The van der Waals surface area contributed by atoms with Crippen molar-refractivity contribution in [2.24, 2.45) is 16.8 Å². The Hall–Kier alpha value is -0.510. The van der Waals surface area contributed by atoms with Gasteiger partial charge in [-0.25, -0.2) is 0 Å². The van der Waals surface area contributed by atoms with Crippen molar-refractivity contribution in [1.82, 2.24) is 5.32 Å². The van der Waals surface area contributed by atoms with Crippen molar-refractivity contribution in [1.29, 1.82) is 0 Å². The van der Waals surface area contributed by atoms with E-state index in [1.54, 1.807) is 11.8 Å². The van der Waals surface area contributed by atoms with Gasteiger partial charge in [0.2, 0.25) is 5.91 Å². The Morgan fingerprint density at radius 2 is 2.18 bits per heavy atom. The molecule has 1 aliphatic heterocycles. The van der Waals surface area contributed by atoms with E-state index >= 15 is 0 Å². The first-order chi connectivity index (χ1) is 8.31. The minimum Gasteiger partial charge on any atom is -0.305 e. The number of amidine groups is 1. The maximum Gasteiger partial charge on any atom is 0.225 e. The van der Waals surface area contributed by atoms with Gasteiger partial charge >= 0.3 is 0 Å². The van der Waals surface area contributed by atoms with E-state index < -0.39 is 0 Å². The normalized spacial score (nSPS) is 40.1. The van der Waals surface area contributed by atoms with E-state index in [0.717, 1.165) is 35.6 Å². The summed E-state index contributed by atoms with van der Waals surface area (Å²) in [6, 6.07) is 0.496. The molecule has 0 aromatic rings. The van der Waals surface area contributed by atoms with Crippen molar-refractivity contribution in [3.8, 4) is 0 Å². The SMILES string of the molecule is O=C1CCCCSC(=NC2CC3CCC2C3)N1. The van der Waals surface area contributed by atoms with Gasteiger partial charge in [-0.1, -0.05) is 18.2 Å². The summed E-state index contributed by atoms with van der Waals surface area (Å²) in [5, 5.41) is 3.87. The number of amides is 1. The summed E-state index contributed by atoms with van der Waals surface area (Å²) >= 11 is 1.73. The first-order valence-corrected chi connectivity index (χ1v) is 7.80. The van der Waals surface area contributed by atoms with Crippen molar-refractivity contribution in [3.63, 3.8) is 0 Å². The molecule has 2 saturated carbocycles. The first kappa shape index (κ1) is 11.6. The van der Waals surface area contributed by atoms with E-state index in [2.05, 4.69) is 5.32 Å². The van der Waals surface area contributed by atoms with Crippen LogP contribution in [0.25, 0.3) is 0 Å². The van der Waals surface area contributed by atoms with Crippen LogP contribution in [-0.2, 0) is 4.79 Å². The van der Waals surface area contributed by atoms with E-state index in [1.807, 2.05) is 0 Å². The Kier molecular flexibility index (Phi) is 3.41. The van der Waals surface area contributed by atoms with Crippen LogP contribution in [0.1, 0.15) is 44.9 Å². The minimum atomic E-state index is 0.152. The molecule has 1 saturated heterocycles. The second-order valence-corrected chi connectivity index (χ2v) is 6.61. The van der Waals surface area contributed by atoms with Crippen molar-refractivity contribution >= 4 is 22.8 Å². The molecular weight excluding hydrogens is 232 g/mol. The molecule has 3 aliphatic rings. The van der Waals surface area contributed by atoms with Gasteiger partial charge in [0.1, 0.15) is 0 Å². The lowest BCUT2D eigenvalue weighted by molar-refractivity contribution is -0.119. The Bertz CT molecular complexity index is 342. The largest absolute Gasteiger partial charge is 0.305 e. The summed E-state index contributed by atoms with van der Waals surface area (Å²) in [6.45, 7) is 0. The molecule has 4 heteroatoms. The number of thioether (sulfide) groups is 1. The van der Waals surface area contributed by atoms with Crippen LogP contribution < -0.4 is 5.32 Å². The fraction of sp³-hybridized carbons (Fsp3) is 0.846. The standard InChI is InChI=1S/C13H20N2OS/c16-12-3-1-2-6-17-13(15-12)14-11-8-9-4-5-10(11)7-9/h9-11H,1-8H2,(H,14,15,16). The third kappa shape index (κ3) is 2.67. The number of nitrogens with zero attached hydrogens (tertiary/aromatic N) is 1. The summed E-state index contributed by atoms with van der Waals surface area (Å²) in [6.07, 6.45) is 8.20. The summed E-state index contributed by atoms with van der Waals surface area (Å²) in [7, 11) is 0. The fourth-order valence-corrected chi connectivity index (χ4v) is 4.30. The van der Waals surface area contributed by atoms with Gasteiger partial charge in [-0.05, 0) is 43.9 Å². The molecule has 3 unspecified atom stereocenters. The van der Waals surface area contributed by atoms with Gasteiger partial charge in [-0.3, -0.25) is 9.79 Å². The molecule has 2 bridgehead atoms. The van der Waals surface area contributed by atoms with Crippen molar-refractivity contribution < 1.29 is 4.79 Å². The molecule has 3 nitrogen and oxygen atoms in total. The van der Waals surface area contributed by atoms with Crippen LogP contribution in [0, 0.1) is 11.8 Å². The van der Waals surface area contributed by atoms with Crippen LogP contribution in [-0.4, -0.2) is 22.9 Å². The average molecular weight is 252 g/mol. The van der Waals surface area contributed by atoms with Crippen LogP contribution in [0.5, 0.6) is 0 Å². The molecule has 3 rings (SSSR count). The zero-order valence-corrected chi connectivity index (χ0v) is 11.0. The number of nitrogens with one attached hydrogen (secondary N) is 1. The van der Waals surface area contributed by atoms with Gasteiger partial charge in [0.05, 0.1) is 6.04 Å². The van der Waals surface area contributed by atoms with Gasteiger partial charge in [-0.15, -0.1) is 0 Å². The smallest absolute Gasteiger partial charge is 0.225 e. The second kappa shape index (κ2) is 5.01. The van der Waals surface area contributed by atoms with Crippen molar-refractivity contribution in [2.75, 3.05) is 5.75 Å². The molecule has 1 heterocycles. The van der Waals surface area contributed by atoms with Gasteiger partial charge < -0.3 is 5.32 Å². The zero-order valence-electron chi connectivity index (χ0n) is 10.2. The molecule has 94 valence electrons. The van der Waals surface area contributed by atoms with Crippen LogP contribution in [0.2, 0.25) is 0 Å². The molecule has 1 N–H and O–H groups in total. The van der Waals surface area contributed by atoms with E-state index in [-0.39, 0.29) is 5.91 Å². The molecule has 2 aliphatic carbocycles. The van der Waals surface area contributed by atoms with E-state index in [9.17, 15) is 4.79 Å². The number of carbonyl (C=O) groups is 1. The Labute approximate surface area is 107 Å². The predicted molar refractivity (Wildman–Crippen MR) is 71.1 cm³/mol. The van der Waals surface area contributed by atoms with E-state index in [1.165, 1.54) is 25.7 Å². The highest BCUT2D eigenvalue weighted by Gasteiger charge is 2.39. The summed E-state index contributed by atoms with van der Waals surface area (Å²) < 4.78 is 0. The number of rotatable bonds is 1. The van der Waals surface area contributed by atoms with Crippen LogP contribution in [0.15, 0.2) is 4.99 Å². The lowest BCUT2D eigenvalue weighted by Gasteiger charge is -2.20. The van der Waals surface area contributed by atoms with Crippen LogP contribution in [0.3, 0.4) is 0 Å². The highest BCUT2D eigenvalue weighted by Crippen LogP contribution is 2.46. The zero-order chi connectivity index (χ0) is 11.7. The Morgan fingerprint density at radius 1 is 1.24 bits per heavy atom. The quantitative estimate of drug-likeness (QED) is 0.779. The highest BCUT2D eigenvalue weighted by molar-refractivity contribution is 8.13.